The number of nitrogens with one attached hydrogen (secondary N) is 2. The highest BCUT2D eigenvalue weighted by Gasteiger charge is 2.15. The first kappa shape index (κ1) is 17.6. The zero-order valence-corrected chi connectivity index (χ0v) is 14.9. The van der Waals surface area contributed by atoms with Crippen LogP contribution in [0.25, 0.3) is 11.1 Å². The molecule has 0 atom stereocenters. The molecule has 0 fully saturated rings. The van der Waals surface area contributed by atoms with Crippen LogP contribution in [0.3, 0.4) is 0 Å². The van der Waals surface area contributed by atoms with Crippen LogP contribution >= 0.6 is 27.3 Å². The summed E-state index contributed by atoms with van der Waals surface area (Å²) >= 11 is 4.71. The molecule has 0 aliphatic carbocycles. The van der Waals surface area contributed by atoms with E-state index in [0.717, 1.165) is 15.9 Å². The van der Waals surface area contributed by atoms with E-state index in [1.165, 1.54) is 23.5 Å². The number of nitrogens with zero attached hydrogens (tertiary/aromatic N) is 1. The lowest BCUT2D eigenvalue weighted by Crippen LogP contribution is -2.31. The highest BCUT2D eigenvalue weighted by molar-refractivity contribution is 9.11. The van der Waals surface area contributed by atoms with E-state index in [4.69, 9.17) is 5.26 Å². The van der Waals surface area contributed by atoms with Crippen LogP contribution in [0.4, 0.5) is 4.39 Å². The number of amides is 1. The molecule has 0 unspecified atom stereocenters. The fourth-order valence-electron chi connectivity index (χ4n) is 1.98. The van der Waals surface area contributed by atoms with E-state index in [0.29, 0.717) is 23.5 Å². The molecular weight excluding hydrogens is 381 g/mol. The lowest BCUT2D eigenvalue weighted by atomic mass is 10.1. The standard InChI is InChI=1S/C16H15BrFN3OS/c1-2-20-5-6-21-16(22)14-8-12(15(17)23-14)10-3-4-11(9-19)13(18)7-10/h3-4,7-8,20H,2,5-6H2,1H3,(H,21,22). The van der Waals surface area contributed by atoms with Gasteiger partial charge in [-0.15, -0.1) is 11.3 Å². The molecule has 2 rings (SSSR count). The maximum atomic E-state index is 13.8. The van der Waals surface area contributed by atoms with Crippen LogP contribution in [-0.2, 0) is 0 Å². The smallest absolute Gasteiger partial charge is 0.261 e. The second kappa shape index (κ2) is 8.20. The predicted molar refractivity (Wildman–Crippen MR) is 93.0 cm³/mol. The van der Waals surface area contributed by atoms with Crippen molar-refractivity contribution in [1.82, 2.24) is 10.6 Å². The molecule has 0 bridgehead atoms. The Morgan fingerprint density at radius 3 is 2.83 bits per heavy atom. The van der Waals surface area contributed by atoms with E-state index in [-0.39, 0.29) is 11.5 Å². The quantitative estimate of drug-likeness (QED) is 0.735. The summed E-state index contributed by atoms with van der Waals surface area (Å²) in [6.07, 6.45) is 0. The Kier molecular flexibility index (Phi) is 6.28. The van der Waals surface area contributed by atoms with Gasteiger partial charge in [-0.1, -0.05) is 13.0 Å². The number of thiophene rings is 1. The van der Waals surface area contributed by atoms with Crippen LogP contribution in [0.2, 0.25) is 0 Å². The van der Waals surface area contributed by atoms with Crippen molar-refractivity contribution >= 4 is 33.2 Å². The first-order chi connectivity index (χ1) is 11.1. The Bertz CT molecular complexity index is 754. The molecule has 1 aromatic carbocycles. The summed E-state index contributed by atoms with van der Waals surface area (Å²) < 4.78 is 14.5. The Balaban J connectivity index is 2.16. The molecule has 1 amide bonds. The third-order valence-electron chi connectivity index (χ3n) is 3.15. The lowest BCUT2D eigenvalue weighted by molar-refractivity contribution is 0.0958. The van der Waals surface area contributed by atoms with Gasteiger partial charge in [-0.05, 0) is 46.2 Å². The van der Waals surface area contributed by atoms with Gasteiger partial charge in [0.1, 0.15) is 11.9 Å². The van der Waals surface area contributed by atoms with Gasteiger partial charge in [-0.2, -0.15) is 5.26 Å². The van der Waals surface area contributed by atoms with Crippen LogP contribution in [0.5, 0.6) is 0 Å². The Morgan fingerprint density at radius 1 is 1.39 bits per heavy atom. The van der Waals surface area contributed by atoms with E-state index in [1.54, 1.807) is 18.2 Å². The highest BCUT2D eigenvalue weighted by atomic mass is 79.9. The Hall–Kier alpha value is -1.75. The maximum absolute atomic E-state index is 13.8. The summed E-state index contributed by atoms with van der Waals surface area (Å²) in [6.45, 7) is 4.11. The molecule has 0 spiro atoms. The topological polar surface area (TPSA) is 64.9 Å². The van der Waals surface area contributed by atoms with Crippen molar-refractivity contribution in [3.05, 3.63) is 44.3 Å². The maximum Gasteiger partial charge on any atom is 0.261 e. The zero-order valence-electron chi connectivity index (χ0n) is 12.5. The summed E-state index contributed by atoms with van der Waals surface area (Å²) in [4.78, 5) is 12.7. The Morgan fingerprint density at radius 2 is 2.17 bits per heavy atom. The van der Waals surface area contributed by atoms with E-state index in [9.17, 15) is 9.18 Å². The summed E-state index contributed by atoms with van der Waals surface area (Å²) in [6, 6.07) is 7.92. The lowest BCUT2D eigenvalue weighted by Gasteiger charge is -2.03. The first-order valence-electron chi connectivity index (χ1n) is 7.05. The van der Waals surface area contributed by atoms with Gasteiger partial charge < -0.3 is 10.6 Å². The fourth-order valence-corrected chi connectivity index (χ4v) is 3.67. The van der Waals surface area contributed by atoms with Gasteiger partial charge in [0.2, 0.25) is 0 Å². The van der Waals surface area contributed by atoms with E-state index in [1.807, 2.05) is 6.92 Å². The molecule has 1 aromatic heterocycles. The van der Waals surface area contributed by atoms with Crippen LogP contribution in [0, 0.1) is 17.1 Å². The van der Waals surface area contributed by atoms with Gasteiger partial charge >= 0.3 is 0 Å². The number of likely N-dealkylation sites (N-methyl/N-ethyl adjacent to an activating group) is 1. The monoisotopic (exact) mass is 395 g/mol. The molecule has 2 aromatic rings. The molecule has 1 heterocycles. The van der Waals surface area contributed by atoms with E-state index in [2.05, 4.69) is 26.6 Å². The molecule has 7 heteroatoms. The van der Waals surface area contributed by atoms with Crippen LogP contribution in [0.1, 0.15) is 22.2 Å². The van der Waals surface area contributed by atoms with Crippen LogP contribution in [0.15, 0.2) is 28.1 Å². The molecule has 0 aliphatic rings. The molecule has 4 nitrogen and oxygen atoms in total. The van der Waals surface area contributed by atoms with E-state index < -0.39 is 5.82 Å². The first-order valence-corrected chi connectivity index (χ1v) is 8.66. The van der Waals surface area contributed by atoms with Crippen molar-refractivity contribution in [1.29, 1.82) is 5.26 Å². The second-order valence-electron chi connectivity index (χ2n) is 4.71. The van der Waals surface area contributed by atoms with Gasteiger partial charge in [0.15, 0.2) is 0 Å². The van der Waals surface area contributed by atoms with Crippen molar-refractivity contribution in [2.24, 2.45) is 0 Å². The molecule has 23 heavy (non-hydrogen) atoms. The number of hydrogen-bond donors (Lipinski definition) is 2. The molecular formula is C16H15BrFN3OS. The average molecular weight is 396 g/mol. The van der Waals surface area contributed by atoms with Gasteiger partial charge in [0, 0.05) is 18.7 Å². The van der Waals surface area contributed by atoms with E-state index >= 15 is 0 Å². The van der Waals surface area contributed by atoms with Crippen molar-refractivity contribution in [2.45, 2.75) is 6.92 Å². The largest absolute Gasteiger partial charge is 0.350 e. The van der Waals surface area contributed by atoms with Crippen molar-refractivity contribution < 1.29 is 9.18 Å². The number of hydrogen-bond acceptors (Lipinski definition) is 4. The predicted octanol–water partition coefficient (Wildman–Crippen LogP) is 3.53. The van der Waals surface area contributed by atoms with Crippen molar-refractivity contribution in [3.63, 3.8) is 0 Å². The zero-order chi connectivity index (χ0) is 16.8. The van der Waals surface area contributed by atoms with Gasteiger partial charge in [0.25, 0.3) is 5.91 Å². The molecule has 0 aliphatic heterocycles. The molecule has 0 saturated carbocycles. The average Bonchev–Trinajstić information content (AvgIpc) is 2.93. The van der Waals surface area contributed by atoms with Crippen molar-refractivity contribution in [2.75, 3.05) is 19.6 Å². The second-order valence-corrected chi connectivity index (χ2v) is 7.08. The molecule has 2 N–H and O–H groups in total. The minimum Gasteiger partial charge on any atom is -0.350 e. The van der Waals surface area contributed by atoms with Gasteiger partial charge in [0.05, 0.1) is 14.2 Å². The number of halogens is 2. The summed E-state index contributed by atoms with van der Waals surface area (Å²) in [7, 11) is 0. The van der Waals surface area contributed by atoms with Gasteiger partial charge in [-0.3, -0.25) is 4.79 Å². The number of benzene rings is 1. The van der Waals surface area contributed by atoms with Crippen LogP contribution < -0.4 is 10.6 Å². The summed E-state index contributed by atoms with van der Waals surface area (Å²) in [5.74, 6) is -0.728. The van der Waals surface area contributed by atoms with Crippen LogP contribution in [-0.4, -0.2) is 25.5 Å². The third kappa shape index (κ3) is 4.38. The SMILES string of the molecule is CCNCCNC(=O)c1cc(-c2ccc(C#N)c(F)c2)c(Br)s1. The number of nitriles is 1. The minimum atomic E-state index is -0.570. The molecule has 120 valence electrons. The Labute approximate surface area is 146 Å². The minimum absolute atomic E-state index is 0.00138. The highest BCUT2D eigenvalue weighted by Crippen LogP contribution is 2.36. The fraction of sp³-hybridized carbons (Fsp3) is 0.250. The van der Waals surface area contributed by atoms with Gasteiger partial charge in [-0.25, -0.2) is 4.39 Å². The number of carbonyl (C=O) groups is 1. The molecule has 0 saturated heterocycles. The third-order valence-corrected chi connectivity index (χ3v) is 4.98. The van der Waals surface area contributed by atoms with Crippen molar-refractivity contribution in [3.8, 4) is 17.2 Å². The number of carbonyl (C=O) groups excluding carboxylic acids is 1. The summed E-state index contributed by atoms with van der Waals surface area (Å²) in [5.41, 5.74) is 1.35. The summed E-state index contributed by atoms with van der Waals surface area (Å²) in [5, 5.41) is 14.7. The number of rotatable bonds is 6. The molecule has 0 radical (unpaired) electrons. The normalized spacial score (nSPS) is 10.3.